The van der Waals surface area contributed by atoms with E-state index in [4.69, 9.17) is 4.42 Å². The van der Waals surface area contributed by atoms with E-state index in [0.717, 1.165) is 18.4 Å². The van der Waals surface area contributed by atoms with Gasteiger partial charge in [-0.25, -0.2) is 4.98 Å². The van der Waals surface area contributed by atoms with Crippen molar-refractivity contribution in [3.8, 4) is 17.2 Å². The summed E-state index contributed by atoms with van der Waals surface area (Å²) in [6, 6.07) is 10.4. The number of phenols is 1. The van der Waals surface area contributed by atoms with Crippen LogP contribution in [-0.4, -0.2) is 16.0 Å². The Morgan fingerprint density at radius 2 is 1.76 bits per heavy atom. The van der Waals surface area contributed by atoms with Crippen LogP contribution in [-0.2, 0) is 6.18 Å². The molecule has 1 aromatic heterocycles. The van der Waals surface area contributed by atoms with Crippen molar-refractivity contribution in [2.75, 3.05) is 5.32 Å². The van der Waals surface area contributed by atoms with Crippen LogP contribution in [0.1, 0.15) is 16.1 Å². The molecule has 2 N–H and O–H groups in total. The molecule has 0 fully saturated rings. The molecule has 25 heavy (non-hydrogen) atoms. The lowest BCUT2D eigenvalue weighted by atomic mass is 10.1. The van der Waals surface area contributed by atoms with E-state index in [-0.39, 0.29) is 23.0 Å². The Morgan fingerprint density at radius 1 is 1.08 bits per heavy atom. The molecule has 0 aliphatic heterocycles. The molecule has 0 radical (unpaired) electrons. The highest BCUT2D eigenvalue weighted by atomic mass is 19.4. The molecule has 5 nitrogen and oxygen atoms in total. The summed E-state index contributed by atoms with van der Waals surface area (Å²) in [5, 5.41) is 12.1. The van der Waals surface area contributed by atoms with E-state index in [0.29, 0.717) is 5.56 Å². The molecule has 0 saturated carbocycles. The number of carbonyl (C=O) groups is 1. The van der Waals surface area contributed by atoms with Gasteiger partial charge in [0.2, 0.25) is 5.89 Å². The van der Waals surface area contributed by atoms with Crippen molar-refractivity contribution >= 4 is 11.6 Å². The van der Waals surface area contributed by atoms with E-state index in [2.05, 4.69) is 10.3 Å². The number of alkyl halides is 3. The summed E-state index contributed by atoms with van der Waals surface area (Å²) in [4.78, 5) is 16.1. The lowest BCUT2D eigenvalue weighted by Gasteiger charge is -2.06. The van der Waals surface area contributed by atoms with Gasteiger partial charge in [0.1, 0.15) is 12.0 Å². The van der Waals surface area contributed by atoms with Gasteiger partial charge < -0.3 is 14.8 Å². The molecular weight excluding hydrogens is 337 g/mol. The Labute approximate surface area is 139 Å². The predicted octanol–water partition coefficient (Wildman–Crippen LogP) is 4.32. The Hall–Kier alpha value is -3.29. The maximum absolute atomic E-state index is 12.6. The second-order valence-electron chi connectivity index (χ2n) is 5.08. The highest BCUT2D eigenvalue weighted by Gasteiger charge is 2.30. The molecule has 0 spiro atoms. The first-order valence-corrected chi connectivity index (χ1v) is 7.07. The van der Waals surface area contributed by atoms with E-state index in [1.807, 2.05) is 0 Å². The summed E-state index contributed by atoms with van der Waals surface area (Å²) in [5.74, 6) is -0.720. The standard InChI is InChI=1S/C17H11F3N2O3/c18-17(19,20)11-7-5-10(6-8-11)16-22-13(9-25-16)15(24)21-12-3-1-2-4-14(12)23/h1-9,23H,(H,21,24). The minimum atomic E-state index is -4.43. The van der Waals surface area contributed by atoms with Crippen molar-refractivity contribution in [1.29, 1.82) is 0 Å². The minimum absolute atomic E-state index is 0.0103. The summed E-state index contributed by atoms with van der Waals surface area (Å²) >= 11 is 0. The summed E-state index contributed by atoms with van der Waals surface area (Å²) in [6.45, 7) is 0. The fourth-order valence-corrected chi connectivity index (χ4v) is 2.08. The second-order valence-corrected chi connectivity index (χ2v) is 5.08. The number of nitrogens with one attached hydrogen (secondary N) is 1. The number of nitrogens with zero attached hydrogens (tertiary/aromatic N) is 1. The van der Waals surface area contributed by atoms with Gasteiger partial charge in [0, 0.05) is 5.56 Å². The zero-order valence-corrected chi connectivity index (χ0v) is 12.5. The molecule has 0 saturated heterocycles. The molecule has 0 bridgehead atoms. The van der Waals surface area contributed by atoms with Crippen LogP contribution < -0.4 is 5.32 Å². The Bertz CT molecular complexity index is 902. The summed E-state index contributed by atoms with van der Waals surface area (Å²) in [5.41, 5.74) is -0.361. The third-order valence-corrected chi connectivity index (χ3v) is 3.35. The van der Waals surface area contributed by atoms with E-state index in [1.165, 1.54) is 24.3 Å². The fraction of sp³-hybridized carbons (Fsp3) is 0.0588. The molecule has 128 valence electrons. The van der Waals surface area contributed by atoms with Crippen LogP contribution in [0.3, 0.4) is 0 Å². The van der Waals surface area contributed by atoms with Gasteiger partial charge in [0.15, 0.2) is 5.69 Å². The average molecular weight is 348 g/mol. The van der Waals surface area contributed by atoms with E-state index < -0.39 is 17.6 Å². The lowest BCUT2D eigenvalue weighted by Crippen LogP contribution is -2.12. The van der Waals surface area contributed by atoms with Crippen LogP contribution in [0.25, 0.3) is 11.5 Å². The highest BCUT2D eigenvalue weighted by Crippen LogP contribution is 2.31. The smallest absolute Gasteiger partial charge is 0.416 e. The van der Waals surface area contributed by atoms with Gasteiger partial charge in [0.05, 0.1) is 11.3 Å². The van der Waals surface area contributed by atoms with Gasteiger partial charge in [-0.15, -0.1) is 0 Å². The molecular formula is C17H11F3N2O3. The second kappa shape index (κ2) is 6.31. The van der Waals surface area contributed by atoms with Crippen LogP contribution in [0.15, 0.2) is 59.2 Å². The molecule has 0 aliphatic rings. The van der Waals surface area contributed by atoms with Crippen molar-refractivity contribution in [3.05, 3.63) is 66.1 Å². The number of anilines is 1. The molecule has 2 aromatic carbocycles. The molecule has 1 amide bonds. The third kappa shape index (κ3) is 3.63. The number of aromatic nitrogens is 1. The van der Waals surface area contributed by atoms with Gasteiger partial charge >= 0.3 is 6.18 Å². The monoisotopic (exact) mass is 348 g/mol. The number of hydrogen-bond donors (Lipinski definition) is 2. The van der Waals surface area contributed by atoms with Gasteiger partial charge in [-0.05, 0) is 36.4 Å². The van der Waals surface area contributed by atoms with Crippen molar-refractivity contribution in [3.63, 3.8) is 0 Å². The Morgan fingerprint density at radius 3 is 2.40 bits per heavy atom. The maximum atomic E-state index is 12.6. The van der Waals surface area contributed by atoms with Crippen molar-refractivity contribution < 1.29 is 27.5 Å². The summed E-state index contributed by atoms with van der Waals surface area (Å²) in [7, 11) is 0. The first kappa shape index (κ1) is 16.6. The number of rotatable bonds is 3. The molecule has 0 unspecified atom stereocenters. The van der Waals surface area contributed by atoms with Crippen LogP contribution in [0.2, 0.25) is 0 Å². The zero-order valence-electron chi connectivity index (χ0n) is 12.5. The Balaban J connectivity index is 1.78. The molecule has 8 heteroatoms. The summed E-state index contributed by atoms with van der Waals surface area (Å²) in [6.07, 6.45) is -3.35. The number of amides is 1. The number of benzene rings is 2. The van der Waals surface area contributed by atoms with Gasteiger partial charge in [0.25, 0.3) is 5.91 Å². The first-order valence-electron chi connectivity index (χ1n) is 7.07. The number of carbonyl (C=O) groups excluding carboxylic acids is 1. The number of phenolic OH excluding ortho intramolecular Hbond substituents is 1. The van der Waals surface area contributed by atoms with E-state index >= 15 is 0 Å². The molecule has 0 aliphatic carbocycles. The van der Waals surface area contributed by atoms with Gasteiger partial charge in [-0.3, -0.25) is 4.79 Å². The number of halogens is 3. The topological polar surface area (TPSA) is 75.4 Å². The quantitative estimate of drug-likeness (QED) is 0.691. The molecule has 3 rings (SSSR count). The maximum Gasteiger partial charge on any atom is 0.416 e. The summed E-state index contributed by atoms with van der Waals surface area (Å²) < 4.78 is 42.8. The molecule has 0 atom stereocenters. The normalized spacial score (nSPS) is 11.3. The largest absolute Gasteiger partial charge is 0.506 e. The lowest BCUT2D eigenvalue weighted by molar-refractivity contribution is -0.137. The first-order chi connectivity index (χ1) is 11.8. The fourth-order valence-electron chi connectivity index (χ4n) is 2.08. The average Bonchev–Trinajstić information content (AvgIpc) is 3.06. The number of hydrogen-bond acceptors (Lipinski definition) is 4. The van der Waals surface area contributed by atoms with E-state index in [9.17, 15) is 23.1 Å². The van der Waals surface area contributed by atoms with Crippen molar-refractivity contribution in [2.45, 2.75) is 6.18 Å². The van der Waals surface area contributed by atoms with Crippen LogP contribution >= 0.6 is 0 Å². The highest BCUT2D eigenvalue weighted by molar-refractivity contribution is 6.03. The number of para-hydroxylation sites is 2. The number of aromatic hydroxyl groups is 1. The molecule has 1 heterocycles. The Kier molecular flexibility index (Phi) is 4.18. The zero-order chi connectivity index (χ0) is 18.0. The van der Waals surface area contributed by atoms with E-state index in [1.54, 1.807) is 12.1 Å². The van der Waals surface area contributed by atoms with Crippen LogP contribution in [0, 0.1) is 0 Å². The van der Waals surface area contributed by atoms with Crippen LogP contribution in [0.5, 0.6) is 5.75 Å². The predicted molar refractivity (Wildman–Crippen MR) is 83.0 cm³/mol. The molecule has 3 aromatic rings. The minimum Gasteiger partial charge on any atom is -0.506 e. The van der Waals surface area contributed by atoms with Gasteiger partial charge in [-0.2, -0.15) is 13.2 Å². The SMILES string of the molecule is O=C(Nc1ccccc1O)c1coc(-c2ccc(C(F)(F)F)cc2)n1. The number of oxazole rings is 1. The van der Waals surface area contributed by atoms with Gasteiger partial charge in [-0.1, -0.05) is 12.1 Å². The third-order valence-electron chi connectivity index (χ3n) is 3.35. The van der Waals surface area contributed by atoms with Crippen molar-refractivity contribution in [1.82, 2.24) is 4.98 Å². The van der Waals surface area contributed by atoms with Crippen LogP contribution in [0.4, 0.5) is 18.9 Å². The van der Waals surface area contributed by atoms with Crippen molar-refractivity contribution in [2.24, 2.45) is 0 Å².